The lowest BCUT2D eigenvalue weighted by Crippen LogP contribution is -2.48. The van der Waals surface area contributed by atoms with Gasteiger partial charge in [-0.1, -0.05) is 29.3 Å². The summed E-state index contributed by atoms with van der Waals surface area (Å²) in [6, 6.07) is 19.8. The van der Waals surface area contributed by atoms with Gasteiger partial charge in [0.05, 0.1) is 23.1 Å². The van der Waals surface area contributed by atoms with Gasteiger partial charge in [-0.3, -0.25) is 9.88 Å². The van der Waals surface area contributed by atoms with Gasteiger partial charge in [0.1, 0.15) is 0 Å². The average molecular weight is 741 g/mol. The Kier molecular flexibility index (Phi) is 8.00. The predicted molar refractivity (Wildman–Crippen MR) is 218 cm³/mol. The summed E-state index contributed by atoms with van der Waals surface area (Å²) in [7, 11) is 4.47. The quantitative estimate of drug-likeness (QED) is 0.170. The van der Waals surface area contributed by atoms with Crippen LogP contribution in [0.3, 0.4) is 0 Å². The van der Waals surface area contributed by atoms with Crippen LogP contribution in [0, 0.1) is 6.92 Å². The number of hydrogen-bond acceptors (Lipinski definition) is 3. The first-order valence-electron chi connectivity index (χ1n) is 19.1. The summed E-state index contributed by atoms with van der Waals surface area (Å²) in [5, 5.41) is 4.12. The normalized spacial score (nSPS) is 20.6. The number of fused-ring (bicyclic) bond motifs is 8. The smallest absolute Gasteiger partial charge is 0.198 e. The zero-order valence-electron chi connectivity index (χ0n) is 31.0. The Bertz CT molecular complexity index is 2570. The van der Waals surface area contributed by atoms with Crippen LogP contribution in [0.25, 0.3) is 44.8 Å². The maximum atomic E-state index is 6.76. The van der Waals surface area contributed by atoms with Crippen LogP contribution >= 0.6 is 23.2 Å². The van der Waals surface area contributed by atoms with Gasteiger partial charge in [0.2, 0.25) is 0 Å². The number of hydrogen-bond donors (Lipinski definition) is 0. The highest BCUT2D eigenvalue weighted by atomic mass is 35.5. The van der Waals surface area contributed by atoms with Gasteiger partial charge in [-0.25, -0.2) is 0 Å². The van der Waals surface area contributed by atoms with E-state index in [0.29, 0.717) is 0 Å². The molecule has 4 aliphatic rings. The number of halogens is 2. The van der Waals surface area contributed by atoms with Gasteiger partial charge in [-0.2, -0.15) is 4.57 Å². The zero-order chi connectivity index (χ0) is 36.1. The summed E-state index contributed by atoms with van der Waals surface area (Å²) in [6.07, 6.45) is 13.5. The fourth-order valence-electron chi connectivity index (χ4n) is 9.96. The largest absolute Gasteiger partial charge is 0.318 e. The molecular weight excluding hydrogens is 695 g/mol. The summed E-state index contributed by atoms with van der Waals surface area (Å²) in [5.41, 5.74) is 18.7. The van der Waals surface area contributed by atoms with E-state index in [1.165, 1.54) is 83.5 Å². The Labute approximate surface area is 321 Å². The molecule has 6 heterocycles. The fraction of sp³-hybridized carbons (Fsp3) is 0.333. The highest BCUT2D eigenvalue weighted by Gasteiger charge is 2.37. The SMILES string of the molecule is CC(=C1CCc2c[n+](C3CN(C)Cc4c3c3cc(Cl)ccc3n4C=C3CCCc4nc(C)ccc43)ccc21)n1c2c(c3cc(Cl)ccc31)CN(C)CC2. The minimum Gasteiger partial charge on any atom is -0.318 e. The van der Waals surface area contributed by atoms with Crippen LogP contribution in [0.1, 0.15) is 82.8 Å². The third-order valence-electron chi connectivity index (χ3n) is 12.4. The molecule has 53 heavy (non-hydrogen) atoms. The summed E-state index contributed by atoms with van der Waals surface area (Å²) >= 11 is 13.3. The molecule has 2 aliphatic heterocycles. The van der Waals surface area contributed by atoms with Gasteiger partial charge in [0.15, 0.2) is 18.4 Å². The van der Waals surface area contributed by atoms with Crippen LogP contribution in [0.4, 0.5) is 0 Å². The molecule has 2 aromatic carbocycles. The standard InChI is InChI=1S/C45H45Cl2N6/c1-27-8-12-35-29(6-5-7-39(35)48-27)23-52-40-14-10-32(47)21-37(40)45-43(25-50(4)26-44(45)52)51-19-16-34-30(22-51)9-13-33(34)28(2)53-41-15-11-31(46)20-36(41)38-24-49(3)18-17-42(38)53/h8,10-12,14-16,19-23,43H,5-7,9,13,17-18,24-26H2,1-4H3/q+1. The highest BCUT2D eigenvalue weighted by Crippen LogP contribution is 2.42. The first-order valence-corrected chi connectivity index (χ1v) is 19.9. The van der Waals surface area contributed by atoms with E-state index in [-0.39, 0.29) is 6.04 Å². The zero-order valence-corrected chi connectivity index (χ0v) is 32.5. The van der Waals surface area contributed by atoms with Crippen LogP contribution in [-0.4, -0.2) is 51.1 Å². The van der Waals surface area contributed by atoms with E-state index in [9.17, 15) is 0 Å². The number of likely N-dealkylation sites (N-methyl/N-ethyl adjacent to an activating group) is 2. The summed E-state index contributed by atoms with van der Waals surface area (Å²) in [6.45, 7) is 8.26. The molecule has 268 valence electrons. The van der Waals surface area contributed by atoms with Crippen molar-refractivity contribution in [1.82, 2.24) is 23.9 Å². The Morgan fingerprint density at radius 3 is 2.49 bits per heavy atom. The van der Waals surface area contributed by atoms with Gasteiger partial charge < -0.3 is 14.0 Å². The number of rotatable bonds is 3. The molecule has 1 unspecified atom stereocenters. The second-order valence-corrected chi connectivity index (χ2v) is 16.7. The Morgan fingerprint density at radius 1 is 0.830 bits per heavy atom. The van der Waals surface area contributed by atoms with Gasteiger partial charge in [-0.15, -0.1) is 0 Å². The molecular formula is C45H45Cl2N6+. The van der Waals surface area contributed by atoms with Crippen molar-refractivity contribution in [2.75, 3.05) is 27.2 Å². The van der Waals surface area contributed by atoms with Crippen molar-refractivity contribution in [2.24, 2.45) is 0 Å². The Balaban J connectivity index is 1.08. The molecule has 10 rings (SSSR count). The minimum absolute atomic E-state index is 0.161. The maximum absolute atomic E-state index is 6.76. The van der Waals surface area contributed by atoms with Crippen LogP contribution in [0.5, 0.6) is 0 Å². The monoisotopic (exact) mass is 739 g/mol. The van der Waals surface area contributed by atoms with Crippen LogP contribution < -0.4 is 4.57 Å². The second-order valence-electron chi connectivity index (χ2n) is 15.9. The molecule has 0 bridgehead atoms. The highest BCUT2D eigenvalue weighted by molar-refractivity contribution is 6.31. The molecule has 0 saturated carbocycles. The lowest BCUT2D eigenvalue weighted by Gasteiger charge is -2.28. The molecule has 0 amide bonds. The first kappa shape index (κ1) is 33.4. The molecule has 0 N–H and O–H groups in total. The topological polar surface area (TPSA) is 33.1 Å². The van der Waals surface area contributed by atoms with Crippen LogP contribution in [0.2, 0.25) is 10.0 Å². The predicted octanol–water partition coefficient (Wildman–Crippen LogP) is 9.59. The first-order chi connectivity index (χ1) is 25.7. The number of aryl methyl sites for hydroxylation is 3. The van der Waals surface area contributed by atoms with E-state index < -0.39 is 0 Å². The molecule has 2 aliphatic carbocycles. The number of aromatic nitrogens is 4. The van der Waals surface area contributed by atoms with E-state index in [2.05, 4.69) is 113 Å². The average Bonchev–Trinajstić information content (AvgIpc) is 3.80. The number of pyridine rings is 2. The maximum Gasteiger partial charge on any atom is 0.198 e. The Morgan fingerprint density at radius 2 is 1.64 bits per heavy atom. The second kappa shape index (κ2) is 12.7. The third-order valence-corrected chi connectivity index (χ3v) is 12.9. The molecule has 4 aromatic heterocycles. The van der Waals surface area contributed by atoms with E-state index in [1.54, 1.807) is 0 Å². The van der Waals surface area contributed by atoms with Gasteiger partial charge in [-0.05, 0) is 125 Å². The van der Waals surface area contributed by atoms with E-state index in [1.807, 2.05) is 12.1 Å². The van der Waals surface area contributed by atoms with Crippen molar-refractivity contribution >= 4 is 68.1 Å². The van der Waals surface area contributed by atoms with Crippen molar-refractivity contribution in [3.05, 3.63) is 128 Å². The molecule has 6 nitrogen and oxygen atoms in total. The van der Waals surface area contributed by atoms with Crippen LogP contribution in [0.15, 0.2) is 67.0 Å². The molecule has 0 radical (unpaired) electrons. The van der Waals surface area contributed by atoms with Gasteiger partial charge in [0.25, 0.3) is 0 Å². The molecule has 8 heteroatoms. The van der Waals surface area contributed by atoms with Crippen LogP contribution in [-0.2, 0) is 32.4 Å². The minimum atomic E-state index is 0.161. The molecule has 1 atom stereocenters. The van der Waals surface area contributed by atoms with Crippen molar-refractivity contribution < 1.29 is 4.57 Å². The lowest BCUT2D eigenvalue weighted by molar-refractivity contribution is -0.714. The van der Waals surface area contributed by atoms with Gasteiger partial charge >= 0.3 is 0 Å². The van der Waals surface area contributed by atoms with E-state index in [0.717, 1.165) is 80.4 Å². The molecule has 0 fully saturated rings. The van der Waals surface area contributed by atoms with Crippen molar-refractivity contribution in [3.63, 3.8) is 0 Å². The van der Waals surface area contributed by atoms with E-state index in [4.69, 9.17) is 28.2 Å². The number of allylic oxidation sites excluding steroid dienone is 3. The summed E-state index contributed by atoms with van der Waals surface area (Å²) in [5.74, 6) is 0. The van der Waals surface area contributed by atoms with E-state index >= 15 is 0 Å². The van der Waals surface area contributed by atoms with Crippen molar-refractivity contribution in [2.45, 2.75) is 71.5 Å². The number of benzene rings is 2. The van der Waals surface area contributed by atoms with Crippen molar-refractivity contribution in [1.29, 1.82) is 0 Å². The molecule has 6 aromatic rings. The summed E-state index contributed by atoms with van der Waals surface area (Å²) in [4.78, 5) is 9.82. The lowest BCUT2D eigenvalue weighted by atomic mass is 9.91. The number of nitrogens with zero attached hydrogens (tertiary/aromatic N) is 6. The fourth-order valence-corrected chi connectivity index (χ4v) is 10.3. The Hall–Kier alpha value is -4.20. The molecule has 0 saturated heterocycles. The van der Waals surface area contributed by atoms with Gasteiger partial charge in [0, 0.05) is 98.7 Å². The third kappa shape index (κ3) is 5.44. The summed E-state index contributed by atoms with van der Waals surface area (Å²) < 4.78 is 7.51. The molecule has 0 spiro atoms. The van der Waals surface area contributed by atoms with Crippen molar-refractivity contribution in [3.8, 4) is 0 Å².